The lowest BCUT2D eigenvalue weighted by Crippen LogP contribution is -2.53. The second kappa shape index (κ2) is 8.00. The average molecular weight is 385 g/mol. The van der Waals surface area contributed by atoms with Gasteiger partial charge >= 0.3 is 0 Å². The first-order valence-corrected chi connectivity index (χ1v) is 10.8. The van der Waals surface area contributed by atoms with E-state index in [0.717, 1.165) is 45.4 Å². The molecular formula is C26H28N2O. The quantitative estimate of drug-likeness (QED) is 0.646. The summed E-state index contributed by atoms with van der Waals surface area (Å²) in [5.74, 6) is 0.861. The van der Waals surface area contributed by atoms with Crippen LogP contribution in [0.2, 0.25) is 0 Å². The maximum absolute atomic E-state index is 13.4. The molecule has 2 saturated heterocycles. The maximum atomic E-state index is 13.4. The second-order valence-electron chi connectivity index (χ2n) is 8.45. The zero-order valence-electron chi connectivity index (χ0n) is 16.8. The molecule has 3 heteroatoms. The highest BCUT2D eigenvalue weighted by Gasteiger charge is 2.44. The molecule has 1 amide bonds. The van der Waals surface area contributed by atoms with Crippen molar-refractivity contribution in [3.63, 3.8) is 0 Å². The fourth-order valence-electron chi connectivity index (χ4n) is 5.16. The van der Waals surface area contributed by atoms with Crippen LogP contribution in [0.5, 0.6) is 0 Å². The molecule has 0 radical (unpaired) electrons. The Morgan fingerprint density at radius 3 is 2.48 bits per heavy atom. The predicted octanol–water partition coefficient (Wildman–Crippen LogP) is 4.51. The summed E-state index contributed by atoms with van der Waals surface area (Å²) in [6.45, 7) is 3.63. The average Bonchev–Trinajstić information content (AvgIpc) is 3.18. The first kappa shape index (κ1) is 18.4. The number of carbonyl (C=O) groups excluding carboxylic acids is 1. The van der Waals surface area contributed by atoms with E-state index in [1.165, 1.54) is 21.9 Å². The van der Waals surface area contributed by atoms with Crippen LogP contribution in [-0.4, -0.2) is 41.4 Å². The van der Waals surface area contributed by atoms with Crippen LogP contribution in [-0.2, 0) is 17.8 Å². The van der Waals surface area contributed by atoms with Gasteiger partial charge in [0.2, 0.25) is 5.91 Å². The Kier molecular flexibility index (Phi) is 5.07. The van der Waals surface area contributed by atoms with Crippen molar-refractivity contribution < 1.29 is 4.79 Å². The highest BCUT2D eigenvalue weighted by molar-refractivity contribution is 5.86. The predicted molar refractivity (Wildman–Crippen MR) is 118 cm³/mol. The van der Waals surface area contributed by atoms with Gasteiger partial charge in [0, 0.05) is 19.6 Å². The molecule has 2 atom stereocenters. The van der Waals surface area contributed by atoms with Gasteiger partial charge in [-0.1, -0.05) is 72.8 Å². The van der Waals surface area contributed by atoms with E-state index in [9.17, 15) is 4.79 Å². The molecule has 0 N–H and O–H groups in total. The van der Waals surface area contributed by atoms with Crippen LogP contribution in [0.15, 0.2) is 72.8 Å². The number of rotatable bonds is 5. The van der Waals surface area contributed by atoms with E-state index >= 15 is 0 Å². The SMILES string of the molecule is O=C1C2[C@H](CCN1CCc1ccccc1)CCN2Cc1cccc2ccccc12. The highest BCUT2D eigenvalue weighted by Crippen LogP contribution is 2.34. The monoisotopic (exact) mass is 384 g/mol. The highest BCUT2D eigenvalue weighted by atomic mass is 16.2. The first-order chi connectivity index (χ1) is 14.3. The molecule has 3 aromatic rings. The van der Waals surface area contributed by atoms with Gasteiger partial charge in [-0.25, -0.2) is 0 Å². The van der Waals surface area contributed by atoms with Crippen LogP contribution in [0.25, 0.3) is 10.8 Å². The zero-order chi connectivity index (χ0) is 19.6. The molecule has 0 spiro atoms. The molecule has 5 rings (SSSR count). The molecular weight excluding hydrogens is 356 g/mol. The molecule has 2 heterocycles. The number of carbonyl (C=O) groups is 1. The summed E-state index contributed by atoms with van der Waals surface area (Å²) in [6, 6.07) is 25.7. The number of fused-ring (bicyclic) bond motifs is 2. The lowest BCUT2D eigenvalue weighted by molar-refractivity contribution is -0.140. The normalized spacial score (nSPS) is 22.2. The van der Waals surface area contributed by atoms with Crippen molar-refractivity contribution in [2.45, 2.75) is 31.8 Å². The van der Waals surface area contributed by atoms with Crippen LogP contribution >= 0.6 is 0 Å². The Labute approximate surface area is 172 Å². The van der Waals surface area contributed by atoms with Crippen molar-refractivity contribution in [3.8, 4) is 0 Å². The van der Waals surface area contributed by atoms with Crippen LogP contribution in [0, 0.1) is 5.92 Å². The molecule has 2 aliphatic heterocycles. The number of hydrogen-bond donors (Lipinski definition) is 0. The molecule has 1 unspecified atom stereocenters. The lowest BCUT2D eigenvalue weighted by atomic mass is 9.91. The number of likely N-dealkylation sites (tertiary alicyclic amines) is 2. The number of amides is 1. The van der Waals surface area contributed by atoms with Crippen molar-refractivity contribution in [3.05, 3.63) is 83.9 Å². The van der Waals surface area contributed by atoms with E-state index in [1.54, 1.807) is 0 Å². The van der Waals surface area contributed by atoms with Crippen molar-refractivity contribution >= 4 is 16.7 Å². The lowest BCUT2D eigenvalue weighted by Gasteiger charge is -2.38. The van der Waals surface area contributed by atoms with Crippen molar-refractivity contribution in [2.75, 3.05) is 19.6 Å². The summed E-state index contributed by atoms with van der Waals surface area (Å²) in [5.41, 5.74) is 2.64. The standard InChI is InChI=1S/C26H28N2O/c29-26-25-22(14-17-27(26)16-13-20-7-2-1-3-8-20)15-18-28(25)19-23-11-6-10-21-9-4-5-12-24(21)23/h1-12,22,25H,13-19H2/t22-,25?/m1/s1. The van der Waals surface area contributed by atoms with Gasteiger partial charge in [-0.15, -0.1) is 0 Å². The topological polar surface area (TPSA) is 23.6 Å². The third-order valence-electron chi connectivity index (χ3n) is 6.73. The van der Waals surface area contributed by atoms with Crippen molar-refractivity contribution in [1.82, 2.24) is 9.80 Å². The van der Waals surface area contributed by atoms with E-state index < -0.39 is 0 Å². The van der Waals surface area contributed by atoms with Crippen molar-refractivity contribution in [1.29, 1.82) is 0 Å². The van der Waals surface area contributed by atoms with Gasteiger partial charge in [0.15, 0.2) is 0 Å². The van der Waals surface area contributed by atoms with Gasteiger partial charge in [-0.3, -0.25) is 9.69 Å². The molecule has 0 bridgehead atoms. The van der Waals surface area contributed by atoms with Crippen molar-refractivity contribution in [2.24, 2.45) is 5.92 Å². The summed E-state index contributed by atoms with van der Waals surface area (Å²) in [5, 5.41) is 2.59. The summed E-state index contributed by atoms with van der Waals surface area (Å²) < 4.78 is 0. The van der Waals surface area contributed by atoms with Gasteiger partial charge in [0.25, 0.3) is 0 Å². The Morgan fingerprint density at radius 2 is 1.59 bits per heavy atom. The zero-order valence-corrected chi connectivity index (χ0v) is 16.8. The molecule has 0 saturated carbocycles. The van der Waals surface area contributed by atoms with Crippen LogP contribution < -0.4 is 0 Å². The second-order valence-corrected chi connectivity index (χ2v) is 8.45. The van der Waals surface area contributed by atoms with Crippen LogP contribution in [0.4, 0.5) is 0 Å². The number of hydrogen-bond acceptors (Lipinski definition) is 2. The molecule has 0 aliphatic carbocycles. The summed E-state index contributed by atoms with van der Waals surface area (Å²) in [7, 11) is 0. The van der Waals surface area contributed by atoms with E-state index in [-0.39, 0.29) is 6.04 Å². The van der Waals surface area contributed by atoms with Gasteiger partial charge in [0.05, 0.1) is 6.04 Å². The van der Waals surface area contributed by atoms with E-state index in [4.69, 9.17) is 0 Å². The Balaban J connectivity index is 1.31. The fraction of sp³-hybridized carbons (Fsp3) is 0.346. The summed E-state index contributed by atoms with van der Waals surface area (Å²) >= 11 is 0. The van der Waals surface area contributed by atoms with Gasteiger partial charge in [-0.2, -0.15) is 0 Å². The molecule has 2 aliphatic rings. The first-order valence-electron chi connectivity index (χ1n) is 10.8. The Morgan fingerprint density at radius 1 is 0.828 bits per heavy atom. The number of benzene rings is 3. The third-order valence-corrected chi connectivity index (χ3v) is 6.73. The fourth-order valence-corrected chi connectivity index (χ4v) is 5.16. The van der Waals surface area contributed by atoms with Crippen LogP contribution in [0.1, 0.15) is 24.0 Å². The minimum atomic E-state index is 0.0542. The third kappa shape index (κ3) is 3.67. The van der Waals surface area contributed by atoms with Gasteiger partial charge < -0.3 is 4.90 Å². The van der Waals surface area contributed by atoms with E-state index in [2.05, 4.69) is 76.5 Å². The number of nitrogens with zero attached hydrogens (tertiary/aromatic N) is 2. The molecule has 3 nitrogen and oxygen atoms in total. The summed E-state index contributed by atoms with van der Waals surface area (Å²) in [6.07, 6.45) is 3.22. The van der Waals surface area contributed by atoms with E-state index in [1.807, 2.05) is 6.07 Å². The maximum Gasteiger partial charge on any atom is 0.240 e. The molecule has 148 valence electrons. The molecule has 3 aromatic carbocycles. The van der Waals surface area contributed by atoms with Crippen LogP contribution in [0.3, 0.4) is 0 Å². The molecule has 2 fully saturated rings. The Bertz CT molecular complexity index is 995. The number of piperidine rings is 1. The van der Waals surface area contributed by atoms with Gasteiger partial charge in [-0.05, 0) is 53.6 Å². The van der Waals surface area contributed by atoms with E-state index in [0.29, 0.717) is 11.8 Å². The van der Waals surface area contributed by atoms with Gasteiger partial charge in [0.1, 0.15) is 0 Å². The molecule has 0 aromatic heterocycles. The minimum absolute atomic E-state index is 0.0542. The Hall–Kier alpha value is -2.65. The smallest absolute Gasteiger partial charge is 0.240 e. The largest absolute Gasteiger partial charge is 0.341 e. The molecule has 29 heavy (non-hydrogen) atoms. The summed E-state index contributed by atoms with van der Waals surface area (Å²) in [4.78, 5) is 17.9. The minimum Gasteiger partial charge on any atom is -0.341 e.